The van der Waals surface area contributed by atoms with Crippen molar-refractivity contribution in [2.45, 2.75) is 46.1 Å². The molecule has 1 N–H and O–H groups in total. The Morgan fingerprint density at radius 3 is 2.82 bits per heavy atom. The van der Waals surface area contributed by atoms with Crippen LogP contribution in [0.5, 0.6) is 0 Å². The number of hydrogen-bond acceptors (Lipinski definition) is 4. The van der Waals surface area contributed by atoms with Gasteiger partial charge in [0, 0.05) is 6.07 Å². The smallest absolute Gasteiger partial charge is 0.157 e. The molecule has 1 fully saturated rings. The van der Waals surface area contributed by atoms with Crippen molar-refractivity contribution in [1.82, 2.24) is 10.5 Å². The molecule has 1 aliphatic rings. The van der Waals surface area contributed by atoms with Crippen LogP contribution in [0, 0.1) is 5.41 Å². The fraction of sp³-hybridized carbons (Fsp3) is 0.692. The molecule has 1 aromatic heterocycles. The lowest BCUT2D eigenvalue weighted by atomic mass is 9.90. The van der Waals surface area contributed by atoms with E-state index in [-0.39, 0.29) is 17.2 Å². The van der Waals surface area contributed by atoms with Crippen LogP contribution < -0.4 is 5.32 Å². The molecule has 1 atom stereocenters. The third kappa shape index (κ3) is 3.40. The van der Waals surface area contributed by atoms with E-state index < -0.39 is 0 Å². The molecule has 0 saturated carbocycles. The molecular weight excluding hydrogens is 216 g/mol. The first-order valence-electron chi connectivity index (χ1n) is 6.15. The normalized spacial score (nSPS) is 20.1. The van der Waals surface area contributed by atoms with E-state index in [2.05, 4.69) is 31.2 Å². The highest BCUT2D eigenvalue weighted by molar-refractivity contribution is 5.86. The van der Waals surface area contributed by atoms with E-state index in [9.17, 15) is 4.79 Å². The topological polar surface area (TPSA) is 55.1 Å². The summed E-state index contributed by atoms with van der Waals surface area (Å²) < 4.78 is 5.20. The third-order valence-electron chi connectivity index (χ3n) is 2.88. The molecule has 1 aromatic rings. The Morgan fingerprint density at radius 2 is 2.29 bits per heavy atom. The molecule has 4 heteroatoms. The van der Waals surface area contributed by atoms with Gasteiger partial charge in [-0.05, 0) is 24.8 Å². The lowest BCUT2D eigenvalue weighted by molar-refractivity contribution is -0.122. The number of aromatic nitrogens is 1. The molecule has 94 valence electrons. The summed E-state index contributed by atoms with van der Waals surface area (Å²) in [6.45, 7) is 7.42. The maximum Gasteiger partial charge on any atom is 0.157 e. The molecule has 2 heterocycles. The van der Waals surface area contributed by atoms with E-state index in [1.54, 1.807) is 0 Å². The summed E-state index contributed by atoms with van der Waals surface area (Å²) in [5.74, 6) is 0.887. The molecule has 0 aliphatic carbocycles. The molecular formula is C13H20N2O2. The zero-order valence-corrected chi connectivity index (χ0v) is 10.7. The monoisotopic (exact) mass is 236 g/mol. The predicted octanol–water partition coefficient (Wildman–Crippen LogP) is 1.74. The van der Waals surface area contributed by atoms with Crippen molar-refractivity contribution in [3.8, 4) is 0 Å². The summed E-state index contributed by atoms with van der Waals surface area (Å²) in [6, 6.07) is 1.94. The number of nitrogens with zero attached hydrogens (tertiary/aromatic N) is 1. The number of ketones is 1. The molecule has 4 nitrogen and oxygen atoms in total. The first-order chi connectivity index (χ1) is 7.94. The van der Waals surface area contributed by atoms with Crippen molar-refractivity contribution in [1.29, 1.82) is 0 Å². The second-order valence-corrected chi connectivity index (χ2v) is 5.96. The van der Waals surface area contributed by atoms with Gasteiger partial charge in [0.1, 0.15) is 5.76 Å². The highest BCUT2D eigenvalue weighted by atomic mass is 16.5. The van der Waals surface area contributed by atoms with Crippen LogP contribution in [0.4, 0.5) is 0 Å². The lowest BCUT2D eigenvalue weighted by Crippen LogP contribution is -2.49. The van der Waals surface area contributed by atoms with E-state index >= 15 is 0 Å². The van der Waals surface area contributed by atoms with Gasteiger partial charge in [-0.2, -0.15) is 0 Å². The van der Waals surface area contributed by atoms with Crippen molar-refractivity contribution in [2.24, 2.45) is 5.41 Å². The summed E-state index contributed by atoms with van der Waals surface area (Å²) in [7, 11) is 0. The molecule has 0 unspecified atom stereocenters. The van der Waals surface area contributed by atoms with Crippen LogP contribution >= 0.6 is 0 Å². The van der Waals surface area contributed by atoms with Gasteiger partial charge in [0.2, 0.25) is 0 Å². The van der Waals surface area contributed by atoms with Crippen LogP contribution in [0.3, 0.4) is 0 Å². The highest BCUT2D eigenvalue weighted by Crippen LogP contribution is 2.20. The number of rotatable bonds is 4. The van der Waals surface area contributed by atoms with Crippen LogP contribution in [-0.2, 0) is 17.6 Å². The Hall–Kier alpha value is -1.16. The number of carbonyl (C=O) groups is 1. The van der Waals surface area contributed by atoms with Crippen molar-refractivity contribution in [3.05, 3.63) is 17.5 Å². The maximum atomic E-state index is 11.7. The summed E-state index contributed by atoms with van der Waals surface area (Å²) in [5, 5.41) is 7.11. The largest absolute Gasteiger partial charge is 0.361 e. The minimum absolute atomic E-state index is 0.0335. The van der Waals surface area contributed by atoms with Crippen LogP contribution in [0.15, 0.2) is 10.6 Å². The molecule has 0 spiro atoms. The number of Topliss-reactive ketones (excluding diaryl/α,β-unsaturated/α-hetero) is 1. The van der Waals surface area contributed by atoms with Gasteiger partial charge in [0.15, 0.2) is 5.78 Å². The van der Waals surface area contributed by atoms with Crippen molar-refractivity contribution in [3.63, 3.8) is 0 Å². The number of carbonyl (C=O) groups excluding carboxylic acids is 1. The van der Waals surface area contributed by atoms with Gasteiger partial charge >= 0.3 is 0 Å². The molecule has 0 amide bonds. The maximum absolute atomic E-state index is 11.7. The van der Waals surface area contributed by atoms with Gasteiger partial charge in [-0.3, -0.25) is 4.79 Å². The minimum Gasteiger partial charge on any atom is -0.361 e. The standard InChI is InChI=1S/C13H20N2O2/c1-13(2,3)8-9-6-10(17-15-9)7-12(16)11-4-5-14-11/h6,11,14H,4-5,7-8H2,1-3H3/t11-/m0/s1. The predicted molar refractivity (Wildman–Crippen MR) is 64.8 cm³/mol. The molecule has 1 aliphatic heterocycles. The quantitative estimate of drug-likeness (QED) is 0.865. The second kappa shape index (κ2) is 4.61. The van der Waals surface area contributed by atoms with E-state index in [0.29, 0.717) is 12.2 Å². The third-order valence-corrected chi connectivity index (χ3v) is 2.88. The van der Waals surface area contributed by atoms with Crippen molar-refractivity contribution < 1.29 is 9.32 Å². The Kier molecular flexibility index (Phi) is 3.33. The molecule has 0 radical (unpaired) electrons. The van der Waals surface area contributed by atoms with Crippen molar-refractivity contribution in [2.75, 3.05) is 6.54 Å². The fourth-order valence-corrected chi connectivity index (χ4v) is 1.92. The molecule has 0 bridgehead atoms. The average molecular weight is 236 g/mol. The van der Waals surface area contributed by atoms with E-state index in [1.165, 1.54) is 0 Å². The Balaban J connectivity index is 1.91. The first kappa shape index (κ1) is 12.3. The minimum atomic E-state index is 0.0335. The van der Waals surface area contributed by atoms with Crippen LogP contribution in [0.25, 0.3) is 0 Å². The van der Waals surface area contributed by atoms with Gasteiger partial charge in [0.05, 0.1) is 18.2 Å². The van der Waals surface area contributed by atoms with Crippen LogP contribution in [-0.4, -0.2) is 23.5 Å². The lowest BCUT2D eigenvalue weighted by Gasteiger charge is -2.25. The highest BCUT2D eigenvalue weighted by Gasteiger charge is 2.25. The number of hydrogen-bond donors (Lipinski definition) is 1. The van der Waals surface area contributed by atoms with E-state index in [4.69, 9.17) is 4.52 Å². The summed E-state index contributed by atoms with van der Waals surface area (Å²) in [4.78, 5) is 11.7. The summed E-state index contributed by atoms with van der Waals surface area (Å²) in [6.07, 6.45) is 2.17. The first-order valence-corrected chi connectivity index (χ1v) is 6.15. The summed E-state index contributed by atoms with van der Waals surface area (Å²) >= 11 is 0. The Bertz CT molecular complexity index is 400. The Morgan fingerprint density at radius 1 is 1.59 bits per heavy atom. The van der Waals surface area contributed by atoms with E-state index in [1.807, 2.05) is 6.07 Å². The molecule has 17 heavy (non-hydrogen) atoms. The van der Waals surface area contributed by atoms with Gasteiger partial charge < -0.3 is 9.84 Å². The van der Waals surface area contributed by atoms with Gasteiger partial charge in [0.25, 0.3) is 0 Å². The molecule has 0 aromatic carbocycles. The zero-order valence-electron chi connectivity index (χ0n) is 10.7. The second-order valence-electron chi connectivity index (χ2n) is 5.96. The SMILES string of the molecule is CC(C)(C)Cc1cc(CC(=O)[C@@H]2CCN2)on1. The van der Waals surface area contributed by atoms with Crippen molar-refractivity contribution >= 4 is 5.78 Å². The van der Waals surface area contributed by atoms with Crippen LogP contribution in [0.1, 0.15) is 38.6 Å². The molecule has 2 rings (SSSR count). The van der Waals surface area contributed by atoms with Gasteiger partial charge in [-0.15, -0.1) is 0 Å². The van der Waals surface area contributed by atoms with E-state index in [0.717, 1.165) is 25.1 Å². The number of nitrogens with one attached hydrogen (secondary N) is 1. The summed E-state index contributed by atoms with van der Waals surface area (Å²) in [5.41, 5.74) is 1.12. The fourth-order valence-electron chi connectivity index (χ4n) is 1.92. The van der Waals surface area contributed by atoms with Gasteiger partial charge in [-0.25, -0.2) is 0 Å². The molecule has 1 saturated heterocycles. The van der Waals surface area contributed by atoms with Crippen LogP contribution in [0.2, 0.25) is 0 Å². The Labute approximate surface area is 102 Å². The average Bonchev–Trinajstić information content (AvgIpc) is 2.45. The zero-order chi connectivity index (χ0) is 12.5. The van der Waals surface area contributed by atoms with Gasteiger partial charge in [-0.1, -0.05) is 25.9 Å².